The lowest BCUT2D eigenvalue weighted by Gasteiger charge is -2.21. The molecule has 1 aromatic rings. The first kappa shape index (κ1) is 16.0. The number of hydrogen-bond donors (Lipinski definition) is 2. The van der Waals surface area contributed by atoms with E-state index < -0.39 is 5.97 Å². The lowest BCUT2D eigenvalue weighted by molar-refractivity contribution is 0.0695. The molecule has 2 amide bonds. The maximum absolute atomic E-state index is 11.9. The number of rotatable bonds is 6. The summed E-state index contributed by atoms with van der Waals surface area (Å²) in [5.74, 6) is -0.938. The van der Waals surface area contributed by atoms with Gasteiger partial charge in [0.25, 0.3) is 0 Å². The van der Waals surface area contributed by atoms with Crippen LogP contribution < -0.4 is 5.32 Å². The van der Waals surface area contributed by atoms with Gasteiger partial charge < -0.3 is 15.3 Å². The fraction of sp³-hybridized carbons (Fsp3) is 0.467. The maximum Gasteiger partial charge on any atom is 0.335 e. The Morgan fingerprint density at radius 2 is 2.00 bits per heavy atom. The van der Waals surface area contributed by atoms with Gasteiger partial charge >= 0.3 is 12.0 Å². The van der Waals surface area contributed by atoms with E-state index in [1.54, 1.807) is 36.2 Å². The Hall–Kier alpha value is -2.04. The average molecular weight is 278 g/mol. The summed E-state index contributed by atoms with van der Waals surface area (Å²) >= 11 is 0. The lowest BCUT2D eigenvalue weighted by Crippen LogP contribution is -2.42. The van der Waals surface area contributed by atoms with Gasteiger partial charge in [-0.2, -0.15) is 0 Å². The van der Waals surface area contributed by atoms with Gasteiger partial charge in [-0.1, -0.05) is 25.1 Å². The van der Waals surface area contributed by atoms with E-state index >= 15 is 0 Å². The highest BCUT2D eigenvalue weighted by molar-refractivity contribution is 5.89. The summed E-state index contributed by atoms with van der Waals surface area (Å²) in [6.45, 7) is 4.44. The summed E-state index contributed by atoms with van der Waals surface area (Å²) in [4.78, 5) is 24.5. The van der Waals surface area contributed by atoms with E-state index in [0.29, 0.717) is 18.5 Å². The standard InChI is InChI=1S/C15H22N2O3/c1-4-11(2)16-15(20)17(3)10-9-12-7-5-6-8-13(12)14(18)19/h5-8,11H,4,9-10H2,1-3H3,(H,16,20)(H,18,19). The van der Waals surface area contributed by atoms with Crippen molar-refractivity contribution in [3.8, 4) is 0 Å². The molecule has 2 N–H and O–H groups in total. The number of carbonyl (C=O) groups excluding carboxylic acids is 1. The molecular formula is C15H22N2O3. The van der Waals surface area contributed by atoms with Gasteiger partial charge in [0.2, 0.25) is 0 Å². The van der Waals surface area contributed by atoms with Crippen LogP contribution in [-0.4, -0.2) is 41.6 Å². The smallest absolute Gasteiger partial charge is 0.335 e. The van der Waals surface area contributed by atoms with E-state index in [1.807, 2.05) is 13.8 Å². The Kier molecular flexibility index (Phi) is 6.03. The Bertz CT molecular complexity index is 474. The number of urea groups is 1. The van der Waals surface area contributed by atoms with Gasteiger partial charge in [-0.05, 0) is 31.4 Å². The summed E-state index contributed by atoms with van der Waals surface area (Å²) in [6, 6.07) is 6.87. The average Bonchev–Trinajstić information content (AvgIpc) is 2.44. The second-order valence-corrected chi connectivity index (χ2v) is 4.89. The van der Waals surface area contributed by atoms with Crippen molar-refractivity contribution in [3.05, 3.63) is 35.4 Å². The van der Waals surface area contributed by atoms with Crippen molar-refractivity contribution in [2.75, 3.05) is 13.6 Å². The van der Waals surface area contributed by atoms with Crippen molar-refractivity contribution in [2.45, 2.75) is 32.7 Å². The molecule has 0 saturated heterocycles. The molecule has 0 saturated carbocycles. The number of carbonyl (C=O) groups is 2. The molecule has 5 heteroatoms. The fourth-order valence-corrected chi connectivity index (χ4v) is 1.76. The molecule has 0 aromatic heterocycles. The van der Waals surface area contributed by atoms with Crippen LogP contribution in [0.15, 0.2) is 24.3 Å². The zero-order valence-electron chi connectivity index (χ0n) is 12.2. The molecule has 0 aliphatic heterocycles. The van der Waals surface area contributed by atoms with Gasteiger partial charge in [-0.25, -0.2) is 9.59 Å². The molecule has 0 heterocycles. The number of nitrogens with one attached hydrogen (secondary N) is 1. The first-order chi connectivity index (χ1) is 9.45. The second kappa shape index (κ2) is 7.53. The van der Waals surface area contributed by atoms with Gasteiger partial charge in [0.1, 0.15) is 0 Å². The van der Waals surface area contributed by atoms with Crippen LogP contribution in [0, 0.1) is 0 Å². The van der Waals surface area contributed by atoms with Crippen molar-refractivity contribution in [1.82, 2.24) is 10.2 Å². The molecule has 0 bridgehead atoms. The number of likely N-dealkylation sites (N-methyl/N-ethyl adjacent to an activating group) is 1. The summed E-state index contributed by atoms with van der Waals surface area (Å²) in [5, 5.41) is 12.0. The Morgan fingerprint density at radius 3 is 2.60 bits per heavy atom. The highest BCUT2D eigenvalue weighted by Crippen LogP contribution is 2.10. The van der Waals surface area contributed by atoms with E-state index in [2.05, 4.69) is 5.32 Å². The molecule has 1 aromatic carbocycles. The van der Waals surface area contributed by atoms with E-state index in [-0.39, 0.29) is 12.1 Å². The van der Waals surface area contributed by atoms with Crippen LogP contribution in [0.2, 0.25) is 0 Å². The topological polar surface area (TPSA) is 69.6 Å². The lowest BCUT2D eigenvalue weighted by atomic mass is 10.0. The van der Waals surface area contributed by atoms with Crippen molar-refractivity contribution in [1.29, 1.82) is 0 Å². The molecule has 20 heavy (non-hydrogen) atoms. The number of carboxylic acid groups (broad SMARTS) is 1. The maximum atomic E-state index is 11.9. The van der Waals surface area contributed by atoms with Crippen LogP contribution in [0.5, 0.6) is 0 Å². The zero-order chi connectivity index (χ0) is 15.1. The van der Waals surface area contributed by atoms with Crippen LogP contribution >= 0.6 is 0 Å². The number of benzene rings is 1. The normalized spacial score (nSPS) is 11.8. The Labute approximate surface area is 119 Å². The van der Waals surface area contributed by atoms with Crippen molar-refractivity contribution in [3.63, 3.8) is 0 Å². The van der Waals surface area contributed by atoms with Crippen LogP contribution in [0.3, 0.4) is 0 Å². The van der Waals surface area contributed by atoms with Gasteiger partial charge in [0.15, 0.2) is 0 Å². The quantitative estimate of drug-likeness (QED) is 0.839. The minimum absolute atomic E-state index is 0.132. The summed E-state index contributed by atoms with van der Waals surface area (Å²) in [7, 11) is 1.71. The fourth-order valence-electron chi connectivity index (χ4n) is 1.76. The molecule has 0 spiro atoms. The molecule has 0 aliphatic rings. The van der Waals surface area contributed by atoms with Gasteiger partial charge in [0.05, 0.1) is 5.56 Å². The molecule has 0 radical (unpaired) electrons. The molecule has 1 unspecified atom stereocenters. The van der Waals surface area contributed by atoms with Crippen LogP contribution in [0.4, 0.5) is 4.79 Å². The molecule has 0 fully saturated rings. The van der Waals surface area contributed by atoms with E-state index in [0.717, 1.165) is 12.0 Å². The number of nitrogens with zero attached hydrogens (tertiary/aromatic N) is 1. The van der Waals surface area contributed by atoms with Crippen molar-refractivity contribution in [2.24, 2.45) is 0 Å². The Balaban J connectivity index is 2.59. The largest absolute Gasteiger partial charge is 0.478 e. The van der Waals surface area contributed by atoms with Gasteiger partial charge in [-0.3, -0.25) is 0 Å². The molecule has 110 valence electrons. The van der Waals surface area contributed by atoms with Gasteiger partial charge in [-0.15, -0.1) is 0 Å². The minimum Gasteiger partial charge on any atom is -0.478 e. The number of amides is 2. The highest BCUT2D eigenvalue weighted by Gasteiger charge is 2.13. The predicted octanol–water partition coefficient (Wildman–Crippen LogP) is 2.37. The molecule has 1 rings (SSSR count). The van der Waals surface area contributed by atoms with Crippen LogP contribution in [-0.2, 0) is 6.42 Å². The summed E-state index contributed by atoms with van der Waals surface area (Å²) in [5.41, 5.74) is 1.03. The van der Waals surface area contributed by atoms with Crippen molar-refractivity contribution < 1.29 is 14.7 Å². The molecular weight excluding hydrogens is 256 g/mol. The molecule has 1 atom stereocenters. The van der Waals surface area contributed by atoms with Crippen LogP contribution in [0.25, 0.3) is 0 Å². The molecule has 5 nitrogen and oxygen atoms in total. The van der Waals surface area contributed by atoms with Gasteiger partial charge in [0, 0.05) is 19.6 Å². The van der Waals surface area contributed by atoms with E-state index in [1.165, 1.54) is 0 Å². The number of aromatic carboxylic acids is 1. The van der Waals surface area contributed by atoms with Crippen LogP contribution in [0.1, 0.15) is 36.2 Å². The third-order valence-corrected chi connectivity index (χ3v) is 3.29. The third-order valence-electron chi connectivity index (χ3n) is 3.29. The molecule has 0 aliphatic carbocycles. The van der Waals surface area contributed by atoms with E-state index in [4.69, 9.17) is 5.11 Å². The monoisotopic (exact) mass is 278 g/mol. The second-order valence-electron chi connectivity index (χ2n) is 4.89. The summed E-state index contributed by atoms with van der Waals surface area (Å²) in [6.07, 6.45) is 1.40. The number of hydrogen-bond acceptors (Lipinski definition) is 2. The Morgan fingerprint density at radius 1 is 1.35 bits per heavy atom. The first-order valence-corrected chi connectivity index (χ1v) is 6.78. The van der Waals surface area contributed by atoms with Crippen molar-refractivity contribution >= 4 is 12.0 Å². The summed E-state index contributed by atoms with van der Waals surface area (Å²) < 4.78 is 0. The first-order valence-electron chi connectivity index (χ1n) is 6.78. The highest BCUT2D eigenvalue weighted by atomic mass is 16.4. The predicted molar refractivity (Wildman–Crippen MR) is 78.0 cm³/mol. The minimum atomic E-state index is -0.938. The van der Waals surface area contributed by atoms with E-state index in [9.17, 15) is 9.59 Å². The zero-order valence-corrected chi connectivity index (χ0v) is 12.2. The SMILES string of the molecule is CCC(C)NC(=O)N(C)CCc1ccccc1C(=O)O. The number of carboxylic acids is 1. The third kappa shape index (κ3) is 4.57.